The normalized spacial score (nSPS) is 12.0. The van der Waals surface area contributed by atoms with Gasteiger partial charge in [0.2, 0.25) is 5.91 Å². The second kappa shape index (κ2) is 8.16. The summed E-state index contributed by atoms with van der Waals surface area (Å²) in [7, 11) is 0. The van der Waals surface area contributed by atoms with Crippen molar-refractivity contribution in [1.29, 1.82) is 0 Å². The Hall–Kier alpha value is -3.39. The molecule has 0 radical (unpaired) electrons. The summed E-state index contributed by atoms with van der Waals surface area (Å²) in [5.74, 6) is -3.83. The largest absolute Gasteiger partial charge is 0.505 e. The van der Waals surface area contributed by atoms with Gasteiger partial charge in [0.25, 0.3) is 5.91 Å². The first-order valence-corrected chi connectivity index (χ1v) is 9.32. The van der Waals surface area contributed by atoms with Gasteiger partial charge in [0.1, 0.15) is 6.04 Å². The quantitative estimate of drug-likeness (QED) is 0.573. The third-order valence-corrected chi connectivity index (χ3v) is 5.00. The molecule has 1 heterocycles. The number of hydrogen-bond donors (Lipinski definition) is 3. The van der Waals surface area contributed by atoms with Gasteiger partial charge in [0.05, 0.1) is 11.9 Å². The van der Waals surface area contributed by atoms with Gasteiger partial charge in [0, 0.05) is 27.7 Å². The van der Waals surface area contributed by atoms with Crippen LogP contribution >= 0.6 is 11.6 Å². The van der Waals surface area contributed by atoms with Gasteiger partial charge in [-0.2, -0.15) is 0 Å². The first-order valence-electron chi connectivity index (χ1n) is 8.95. The molecule has 1 atom stereocenters. The van der Waals surface area contributed by atoms with Crippen molar-refractivity contribution in [3.63, 3.8) is 0 Å². The molecule has 0 spiro atoms. The number of phenols is 1. The second-order valence-electron chi connectivity index (χ2n) is 6.84. The minimum Gasteiger partial charge on any atom is -0.505 e. The van der Waals surface area contributed by atoms with Gasteiger partial charge in [-0.25, -0.2) is 4.39 Å². The number of nitrogens with one attached hydrogen (secondary N) is 1. The predicted molar refractivity (Wildman–Crippen MR) is 108 cm³/mol. The fourth-order valence-electron chi connectivity index (χ4n) is 3.24. The molecule has 7 nitrogen and oxygen atoms in total. The van der Waals surface area contributed by atoms with Crippen molar-refractivity contribution in [3.8, 4) is 5.75 Å². The summed E-state index contributed by atoms with van der Waals surface area (Å²) in [4.78, 5) is 36.5. The summed E-state index contributed by atoms with van der Waals surface area (Å²) in [6.45, 7) is 2.90. The van der Waals surface area contributed by atoms with E-state index in [1.54, 1.807) is 25.1 Å². The molecule has 0 aliphatic heterocycles. The maximum absolute atomic E-state index is 14.1. The zero-order valence-corrected chi connectivity index (χ0v) is 16.8. The van der Waals surface area contributed by atoms with Crippen LogP contribution in [0.2, 0.25) is 5.02 Å². The van der Waals surface area contributed by atoms with E-state index >= 15 is 0 Å². The molecule has 156 valence electrons. The van der Waals surface area contributed by atoms with Crippen LogP contribution in [0.25, 0.3) is 10.9 Å². The molecule has 2 aromatic carbocycles. The summed E-state index contributed by atoms with van der Waals surface area (Å²) < 4.78 is 15.3. The van der Waals surface area contributed by atoms with Gasteiger partial charge in [0.15, 0.2) is 11.6 Å². The minimum atomic E-state index is -1.20. The highest BCUT2D eigenvalue weighted by molar-refractivity contribution is 6.31. The Kier molecular flexibility index (Phi) is 5.80. The Morgan fingerprint density at radius 2 is 1.93 bits per heavy atom. The lowest BCUT2D eigenvalue weighted by molar-refractivity contribution is -0.141. The number of carboxylic acid groups (broad SMARTS) is 1. The first-order chi connectivity index (χ1) is 14.1. The fourth-order valence-corrected chi connectivity index (χ4v) is 3.43. The lowest BCUT2D eigenvalue weighted by Gasteiger charge is -2.10. The summed E-state index contributed by atoms with van der Waals surface area (Å²) >= 11 is 5.97. The number of carboxylic acids is 1. The number of phenolic OH excluding ortho intramolecular Hbond substituents is 1. The number of hydrogen-bond acceptors (Lipinski definition) is 4. The van der Waals surface area contributed by atoms with E-state index in [1.165, 1.54) is 17.6 Å². The van der Waals surface area contributed by atoms with Crippen molar-refractivity contribution in [2.24, 2.45) is 0 Å². The van der Waals surface area contributed by atoms with E-state index in [0.717, 1.165) is 12.1 Å². The summed E-state index contributed by atoms with van der Waals surface area (Å²) in [5.41, 5.74) is 1.15. The third-order valence-electron chi connectivity index (χ3n) is 4.76. The molecule has 3 N–H and O–H groups in total. The number of amides is 1. The smallest absolute Gasteiger partial charge is 0.325 e. The second-order valence-corrected chi connectivity index (χ2v) is 7.28. The highest BCUT2D eigenvalue weighted by Crippen LogP contribution is 2.32. The van der Waals surface area contributed by atoms with Crippen LogP contribution in [-0.4, -0.2) is 38.6 Å². The van der Waals surface area contributed by atoms with Crippen molar-refractivity contribution in [1.82, 2.24) is 9.88 Å². The monoisotopic (exact) mass is 432 g/mol. The van der Waals surface area contributed by atoms with Crippen LogP contribution in [0.15, 0.2) is 36.4 Å². The van der Waals surface area contributed by atoms with Crippen LogP contribution in [0, 0.1) is 12.7 Å². The number of halogens is 2. The van der Waals surface area contributed by atoms with Crippen molar-refractivity contribution in [3.05, 3.63) is 64.1 Å². The molecule has 1 aromatic heterocycles. The van der Waals surface area contributed by atoms with E-state index in [9.17, 15) is 23.9 Å². The molecule has 9 heteroatoms. The number of aromatic nitrogens is 1. The maximum atomic E-state index is 14.1. The molecule has 1 unspecified atom stereocenters. The molecule has 0 bridgehead atoms. The van der Waals surface area contributed by atoms with E-state index in [2.05, 4.69) is 5.32 Å². The minimum absolute atomic E-state index is 0.168. The molecule has 0 saturated carbocycles. The van der Waals surface area contributed by atoms with Crippen LogP contribution in [0.4, 0.5) is 4.39 Å². The average Bonchev–Trinajstić information content (AvgIpc) is 2.92. The third kappa shape index (κ3) is 3.99. The van der Waals surface area contributed by atoms with Crippen LogP contribution in [0.3, 0.4) is 0 Å². The highest BCUT2D eigenvalue weighted by atomic mass is 35.5. The molecule has 0 saturated heterocycles. The van der Waals surface area contributed by atoms with Crippen molar-refractivity contribution in [2.75, 3.05) is 0 Å². The first kappa shape index (κ1) is 21.3. The molecule has 1 amide bonds. The summed E-state index contributed by atoms with van der Waals surface area (Å²) in [6.07, 6.45) is -0.263. The van der Waals surface area contributed by atoms with Crippen LogP contribution in [0.5, 0.6) is 5.75 Å². The zero-order valence-electron chi connectivity index (χ0n) is 16.1. The number of rotatable bonds is 5. The van der Waals surface area contributed by atoms with Gasteiger partial charge in [-0.3, -0.25) is 19.0 Å². The van der Waals surface area contributed by atoms with Crippen molar-refractivity contribution < 1.29 is 29.0 Å². The topological polar surface area (TPSA) is 109 Å². The fraction of sp³-hybridized carbons (Fsp3) is 0.190. The maximum Gasteiger partial charge on any atom is 0.325 e. The highest BCUT2D eigenvalue weighted by Gasteiger charge is 2.24. The molecule has 3 aromatic rings. The number of nitrogens with zero attached hydrogens (tertiary/aromatic N) is 1. The molecule has 0 aliphatic rings. The Balaban J connectivity index is 2.13. The number of aliphatic carboxylic acids is 1. The number of benzene rings is 2. The van der Waals surface area contributed by atoms with Crippen LogP contribution < -0.4 is 5.32 Å². The van der Waals surface area contributed by atoms with E-state index in [0.29, 0.717) is 21.7 Å². The Morgan fingerprint density at radius 1 is 1.23 bits per heavy atom. The van der Waals surface area contributed by atoms with Gasteiger partial charge in [-0.1, -0.05) is 17.7 Å². The van der Waals surface area contributed by atoms with E-state index in [4.69, 9.17) is 16.7 Å². The average molecular weight is 433 g/mol. The molecular formula is C21H18ClFN2O5. The molecule has 30 heavy (non-hydrogen) atoms. The Labute approximate surface area is 175 Å². The number of aromatic hydroxyl groups is 1. The lowest BCUT2D eigenvalue weighted by Crippen LogP contribution is -2.39. The molecule has 0 aliphatic carbocycles. The Morgan fingerprint density at radius 3 is 2.57 bits per heavy atom. The van der Waals surface area contributed by atoms with Crippen LogP contribution in [0.1, 0.15) is 28.5 Å². The van der Waals surface area contributed by atoms with E-state index in [1.807, 2.05) is 0 Å². The molecular weight excluding hydrogens is 415 g/mol. The summed E-state index contributed by atoms with van der Waals surface area (Å²) in [6, 6.07) is 7.28. The Bertz CT molecular complexity index is 1190. The van der Waals surface area contributed by atoms with Crippen molar-refractivity contribution >= 4 is 40.3 Å². The standard InChI is InChI=1S/C21H18ClFN2O5/c1-10(21(29)30)24-19(27)8-14-11(2)25(17-9-16(23)18(26)7-15(14)17)20(28)12-4-3-5-13(22)6-12/h3-7,9-10,26H,8H2,1-2H3,(H,24,27)(H,29,30). The number of fused-ring (bicyclic) bond motifs is 1. The predicted octanol–water partition coefficient (Wildman–Crippen LogP) is 3.27. The van der Waals surface area contributed by atoms with Gasteiger partial charge in [-0.05, 0) is 43.7 Å². The van der Waals surface area contributed by atoms with Crippen LogP contribution in [-0.2, 0) is 16.0 Å². The van der Waals surface area contributed by atoms with Gasteiger partial charge in [-0.15, -0.1) is 0 Å². The molecule has 0 fully saturated rings. The number of carbonyl (C=O) groups excluding carboxylic acids is 2. The van der Waals surface area contributed by atoms with E-state index < -0.39 is 35.4 Å². The molecule has 3 rings (SSSR count). The van der Waals surface area contributed by atoms with Gasteiger partial charge >= 0.3 is 5.97 Å². The van der Waals surface area contributed by atoms with Crippen molar-refractivity contribution in [2.45, 2.75) is 26.3 Å². The lowest BCUT2D eigenvalue weighted by atomic mass is 10.1. The summed E-state index contributed by atoms with van der Waals surface area (Å²) in [5, 5.41) is 21.8. The SMILES string of the molecule is Cc1c(CC(=O)NC(C)C(=O)O)c2cc(O)c(F)cc2n1C(=O)c1cccc(Cl)c1. The zero-order chi connectivity index (χ0) is 22.2. The van der Waals surface area contributed by atoms with Gasteiger partial charge < -0.3 is 15.5 Å². The van der Waals surface area contributed by atoms with E-state index in [-0.39, 0.29) is 17.5 Å². The number of carbonyl (C=O) groups is 3.